The SMILES string of the molecule is CC(NC1C2(C)CCC(C2)C1(C)C)c1ccc(F)cc1F. The summed E-state index contributed by atoms with van der Waals surface area (Å²) in [5, 5.41) is 3.66. The van der Waals surface area contributed by atoms with Gasteiger partial charge in [0.2, 0.25) is 0 Å². The minimum Gasteiger partial charge on any atom is -0.306 e. The van der Waals surface area contributed by atoms with Crippen LogP contribution in [-0.2, 0) is 0 Å². The number of halogens is 2. The Labute approximate surface area is 126 Å². The van der Waals surface area contributed by atoms with Crippen LogP contribution < -0.4 is 5.32 Å². The predicted molar refractivity (Wildman–Crippen MR) is 80.9 cm³/mol. The van der Waals surface area contributed by atoms with Crippen molar-refractivity contribution in [2.75, 3.05) is 0 Å². The normalized spacial score (nSPS) is 35.1. The van der Waals surface area contributed by atoms with Crippen LogP contribution in [0.1, 0.15) is 58.6 Å². The molecule has 2 bridgehead atoms. The van der Waals surface area contributed by atoms with E-state index in [0.29, 0.717) is 17.0 Å². The van der Waals surface area contributed by atoms with Crippen LogP contribution in [0.25, 0.3) is 0 Å². The van der Waals surface area contributed by atoms with Crippen LogP contribution in [0, 0.1) is 28.4 Å². The van der Waals surface area contributed by atoms with Crippen LogP contribution >= 0.6 is 0 Å². The molecule has 2 aliphatic carbocycles. The lowest BCUT2D eigenvalue weighted by Gasteiger charge is -2.44. The number of benzene rings is 1. The fraction of sp³-hybridized carbons (Fsp3) is 0.667. The largest absolute Gasteiger partial charge is 0.306 e. The lowest BCUT2D eigenvalue weighted by molar-refractivity contribution is 0.0998. The second-order valence-corrected chi connectivity index (χ2v) is 7.90. The number of hydrogen-bond acceptors (Lipinski definition) is 1. The molecular formula is C18H25F2N. The molecule has 4 unspecified atom stereocenters. The Morgan fingerprint density at radius 1 is 1.24 bits per heavy atom. The van der Waals surface area contributed by atoms with E-state index < -0.39 is 11.6 Å². The van der Waals surface area contributed by atoms with E-state index in [1.165, 1.54) is 25.3 Å². The van der Waals surface area contributed by atoms with Gasteiger partial charge < -0.3 is 5.32 Å². The summed E-state index contributed by atoms with van der Waals surface area (Å²) in [6.45, 7) is 8.98. The lowest BCUT2D eigenvalue weighted by atomic mass is 9.68. The van der Waals surface area contributed by atoms with Gasteiger partial charge in [0.05, 0.1) is 0 Å². The summed E-state index contributed by atoms with van der Waals surface area (Å²) < 4.78 is 27.0. The van der Waals surface area contributed by atoms with Crippen molar-refractivity contribution in [3.05, 3.63) is 35.4 Å². The average molecular weight is 293 g/mol. The average Bonchev–Trinajstić information content (AvgIpc) is 2.85. The molecule has 0 amide bonds. The first kappa shape index (κ1) is 15.0. The van der Waals surface area contributed by atoms with Gasteiger partial charge in [-0.25, -0.2) is 8.78 Å². The van der Waals surface area contributed by atoms with Gasteiger partial charge >= 0.3 is 0 Å². The van der Waals surface area contributed by atoms with Crippen LogP contribution in [0.2, 0.25) is 0 Å². The van der Waals surface area contributed by atoms with Gasteiger partial charge in [-0.15, -0.1) is 0 Å². The summed E-state index contributed by atoms with van der Waals surface area (Å²) in [4.78, 5) is 0. The van der Waals surface area contributed by atoms with Crippen LogP contribution in [-0.4, -0.2) is 6.04 Å². The number of rotatable bonds is 3. The van der Waals surface area contributed by atoms with E-state index in [9.17, 15) is 8.78 Å². The minimum absolute atomic E-state index is 0.106. The monoisotopic (exact) mass is 293 g/mol. The topological polar surface area (TPSA) is 12.0 Å². The minimum atomic E-state index is -0.518. The molecule has 2 saturated carbocycles. The Morgan fingerprint density at radius 2 is 1.95 bits per heavy atom. The van der Waals surface area contributed by atoms with Crippen molar-refractivity contribution in [3.8, 4) is 0 Å². The summed E-state index contributed by atoms with van der Waals surface area (Å²) in [5.74, 6) is -0.220. The third kappa shape index (κ3) is 2.30. The highest BCUT2D eigenvalue weighted by atomic mass is 19.1. The van der Waals surface area contributed by atoms with Crippen molar-refractivity contribution >= 4 is 0 Å². The van der Waals surface area contributed by atoms with Gasteiger partial charge in [0.15, 0.2) is 0 Å². The van der Waals surface area contributed by atoms with Gasteiger partial charge in [0, 0.05) is 23.7 Å². The van der Waals surface area contributed by atoms with Gasteiger partial charge in [-0.3, -0.25) is 0 Å². The Morgan fingerprint density at radius 3 is 2.52 bits per heavy atom. The van der Waals surface area contributed by atoms with Crippen molar-refractivity contribution in [2.45, 2.75) is 59.0 Å². The molecule has 1 aromatic carbocycles. The second-order valence-electron chi connectivity index (χ2n) is 7.90. The highest BCUT2D eigenvalue weighted by molar-refractivity contribution is 5.23. The standard InChI is InChI=1S/C18H25F2N/c1-11(14-6-5-13(19)9-15(14)20)21-16-17(2,3)12-7-8-18(16,4)10-12/h5-6,9,11-12,16,21H,7-8,10H2,1-4H3. The Balaban J connectivity index is 1.83. The zero-order valence-electron chi connectivity index (χ0n) is 13.3. The van der Waals surface area contributed by atoms with E-state index in [-0.39, 0.29) is 11.5 Å². The molecule has 0 aromatic heterocycles. The van der Waals surface area contributed by atoms with Crippen molar-refractivity contribution in [1.29, 1.82) is 0 Å². The van der Waals surface area contributed by atoms with Gasteiger partial charge in [0.25, 0.3) is 0 Å². The molecular weight excluding hydrogens is 268 g/mol. The van der Waals surface area contributed by atoms with Crippen molar-refractivity contribution in [1.82, 2.24) is 5.32 Å². The summed E-state index contributed by atoms with van der Waals surface area (Å²) in [7, 11) is 0. The maximum atomic E-state index is 14.0. The smallest absolute Gasteiger partial charge is 0.130 e. The molecule has 3 rings (SSSR count). The highest BCUT2D eigenvalue weighted by Gasteiger charge is 2.59. The molecule has 1 aromatic rings. The Bertz CT molecular complexity index is 549. The zero-order valence-corrected chi connectivity index (χ0v) is 13.3. The molecule has 21 heavy (non-hydrogen) atoms. The zero-order chi connectivity index (χ0) is 15.4. The molecule has 1 nitrogen and oxygen atoms in total. The third-order valence-corrected chi connectivity index (χ3v) is 6.12. The number of nitrogens with one attached hydrogen (secondary N) is 1. The van der Waals surface area contributed by atoms with E-state index >= 15 is 0 Å². The molecule has 0 spiro atoms. The Hall–Kier alpha value is -0.960. The molecule has 0 heterocycles. The first-order chi connectivity index (χ1) is 9.74. The molecule has 0 aliphatic heterocycles. The maximum absolute atomic E-state index is 14.0. The van der Waals surface area contributed by atoms with Gasteiger partial charge in [-0.05, 0) is 49.0 Å². The molecule has 0 saturated heterocycles. The van der Waals surface area contributed by atoms with E-state index in [0.717, 1.165) is 12.0 Å². The van der Waals surface area contributed by atoms with Crippen molar-refractivity contribution < 1.29 is 8.78 Å². The number of hydrogen-bond donors (Lipinski definition) is 1. The van der Waals surface area contributed by atoms with Gasteiger partial charge in [0.1, 0.15) is 11.6 Å². The fourth-order valence-electron chi connectivity index (χ4n) is 4.91. The molecule has 2 aliphatic rings. The molecule has 0 radical (unpaired) electrons. The summed E-state index contributed by atoms with van der Waals surface area (Å²) in [5.41, 5.74) is 1.09. The molecule has 116 valence electrons. The molecule has 1 N–H and O–H groups in total. The van der Waals surface area contributed by atoms with Crippen LogP contribution in [0.15, 0.2) is 18.2 Å². The summed E-state index contributed by atoms with van der Waals surface area (Å²) in [6, 6.07) is 4.14. The second kappa shape index (κ2) is 4.77. The van der Waals surface area contributed by atoms with Crippen molar-refractivity contribution in [2.24, 2.45) is 16.7 Å². The molecule has 4 atom stereocenters. The predicted octanol–water partition coefficient (Wildman–Crippen LogP) is 4.83. The van der Waals surface area contributed by atoms with Crippen LogP contribution in [0.5, 0.6) is 0 Å². The van der Waals surface area contributed by atoms with Crippen molar-refractivity contribution in [3.63, 3.8) is 0 Å². The molecule has 2 fully saturated rings. The third-order valence-electron chi connectivity index (χ3n) is 6.12. The quantitative estimate of drug-likeness (QED) is 0.841. The molecule has 3 heteroatoms. The Kier molecular flexibility index (Phi) is 3.40. The van der Waals surface area contributed by atoms with E-state index in [1.54, 1.807) is 6.07 Å². The highest BCUT2D eigenvalue weighted by Crippen LogP contribution is 2.62. The first-order valence-corrected chi connectivity index (χ1v) is 7.95. The first-order valence-electron chi connectivity index (χ1n) is 7.95. The van der Waals surface area contributed by atoms with Gasteiger partial charge in [-0.2, -0.15) is 0 Å². The summed E-state index contributed by atoms with van der Waals surface area (Å²) in [6.07, 6.45) is 3.81. The van der Waals surface area contributed by atoms with E-state index in [1.807, 2.05) is 6.92 Å². The fourth-order valence-corrected chi connectivity index (χ4v) is 4.91. The lowest BCUT2D eigenvalue weighted by Crippen LogP contribution is -2.51. The maximum Gasteiger partial charge on any atom is 0.130 e. The van der Waals surface area contributed by atoms with E-state index in [4.69, 9.17) is 0 Å². The van der Waals surface area contributed by atoms with Crippen LogP contribution in [0.3, 0.4) is 0 Å². The van der Waals surface area contributed by atoms with Gasteiger partial charge in [-0.1, -0.05) is 26.8 Å². The van der Waals surface area contributed by atoms with E-state index in [2.05, 4.69) is 26.1 Å². The van der Waals surface area contributed by atoms with Crippen LogP contribution in [0.4, 0.5) is 8.78 Å². The summed E-state index contributed by atoms with van der Waals surface area (Å²) >= 11 is 0. The number of fused-ring (bicyclic) bond motifs is 2.